The molecule has 0 atom stereocenters. The molecule has 0 aliphatic carbocycles. The van der Waals surface area contributed by atoms with Crippen molar-refractivity contribution in [3.63, 3.8) is 0 Å². The highest BCUT2D eigenvalue weighted by atomic mass is 35.5. The number of carbonyl (C=O) groups is 1. The second-order valence-corrected chi connectivity index (χ2v) is 8.02. The third kappa shape index (κ3) is 4.93. The molecule has 2 aromatic rings. The van der Waals surface area contributed by atoms with E-state index in [1.54, 1.807) is 7.05 Å². The third-order valence-corrected chi connectivity index (χ3v) is 5.69. The molecule has 0 saturated carbocycles. The molecule has 1 aliphatic heterocycles. The SMILES string of the molecule is CNC(=O)CN1CCC(NCc2c(C(C)C)nn(-c3ccccc3)c2Cl)CC1. The molecule has 1 aliphatic rings. The van der Waals surface area contributed by atoms with Gasteiger partial charge in [-0.15, -0.1) is 0 Å². The first kappa shape index (κ1) is 20.8. The highest BCUT2D eigenvalue weighted by molar-refractivity contribution is 6.30. The van der Waals surface area contributed by atoms with E-state index in [0.29, 0.717) is 30.2 Å². The topological polar surface area (TPSA) is 62.2 Å². The lowest BCUT2D eigenvalue weighted by atomic mass is 10.0. The summed E-state index contributed by atoms with van der Waals surface area (Å²) < 4.78 is 1.83. The van der Waals surface area contributed by atoms with Gasteiger partial charge >= 0.3 is 0 Å². The molecule has 1 aromatic heterocycles. The van der Waals surface area contributed by atoms with Gasteiger partial charge in [0.2, 0.25) is 5.91 Å². The van der Waals surface area contributed by atoms with Crippen LogP contribution in [0.3, 0.4) is 0 Å². The third-order valence-electron chi connectivity index (χ3n) is 5.30. The molecule has 0 radical (unpaired) electrons. The van der Waals surface area contributed by atoms with E-state index in [2.05, 4.69) is 29.4 Å². The van der Waals surface area contributed by atoms with Crippen molar-refractivity contribution in [1.29, 1.82) is 0 Å². The number of nitrogens with zero attached hydrogens (tertiary/aromatic N) is 3. The summed E-state index contributed by atoms with van der Waals surface area (Å²) in [5.74, 6) is 0.377. The van der Waals surface area contributed by atoms with Gasteiger partial charge in [0.05, 0.1) is 17.9 Å². The summed E-state index contributed by atoms with van der Waals surface area (Å²) in [6, 6.07) is 10.4. The molecule has 3 rings (SSSR count). The van der Waals surface area contributed by atoms with Crippen molar-refractivity contribution in [1.82, 2.24) is 25.3 Å². The summed E-state index contributed by atoms with van der Waals surface area (Å²) >= 11 is 6.73. The van der Waals surface area contributed by atoms with Crippen molar-refractivity contribution in [3.05, 3.63) is 46.7 Å². The van der Waals surface area contributed by atoms with Crippen LogP contribution >= 0.6 is 11.6 Å². The molecule has 6 nitrogen and oxygen atoms in total. The largest absolute Gasteiger partial charge is 0.358 e. The van der Waals surface area contributed by atoms with Gasteiger partial charge in [-0.05, 0) is 30.9 Å². The maximum absolute atomic E-state index is 11.5. The lowest BCUT2D eigenvalue weighted by Crippen LogP contribution is -2.45. The lowest BCUT2D eigenvalue weighted by molar-refractivity contribution is -0.122. The summed E-state index contributed by atoms with van der Waals surface area (Å²) in [6.07, 6.45) is 2.05. The fourth-order valence-corrected chi connectivity index (χ4v) is 3.94. The molecular weight excluding hydrogens is 374 g/mol. The molecule has 0 unspecified atom stereocenters. The van der Waals surface area contributed by atoms with Crippen LogP contribution in [-0.2, 0) is 11.3 Å². The number of hydrogen-bond acceptors (Lipinski definition) is 4. The van der Waals surface area contributed by atoms with Crippen LogP contribution in [0.5, 0.6) is 0 Å². The first-order valence-electron chi connectivity index (χ1n) is 9.98. The summed E-state index contributed by atoms with van der Waals surface area (Å²) in [4.78, 5) is 13.7. The molecule has 7 heteroatoms. The van der Waals surface area contributed by atoms with E-state index in [-0.39, 0.29) is 5.91 Å². The average molecular weight is 404 g/mol. The summed E-state index contributed by atoms with van der Waals surface area (Å²) in [6.45, 7) is 7.34. The molecule has 1 aromatic carbocycles. The second kappa shape index (κ2) is 9.54. The minimum Gasteiger partial charge on any atom is -0.358 e. The number of amides is 1. The lowest BCUT2D eigenvalue weighted by Gasteiger charge is -2.31. The van der Waals surface area contributed by atoms with E-state index in [4.69, 9.17) is 16.7 Å². The number of halogens is 1. The molecule has 1 saturated heterocycles. The van der Waals surface area contributed by atoms with Gasteiger partial charge in [0.1, 0.15) is 5.15 Å². The van der Waals surface area contributed by atoms with E-state index < -0.39 is 0 Å². The minimum atomic E-state index is 0.0769. The van der Waals surface area contributed by atoms with Crippen LogP contribution in [0, 0.1) is 0 Å². The van der Waals surface area contributed by atoms with Crippen LogP contribution in [-0.4, -0.2) is 53.3 Å². The number of likely N-dealkylation sites (N-methyl/N-ethyl adjacent to an activating group) is 1. The average Bonchev–Trinajstić information content (AvgIpc) is 3.04. The molecule has 2 N–H and O–H groups in total. The molecule has 0 bridgehead atoms. The van der Waals surface area contributed by atoms with Gasteiger partial charge in [0, 0.05) is 38.3 Å². The number of benzene rings is 1. The van der Waals surface area contributed by atoms with Gasteiger partial charge in [-0.25, -0.2) is 4.68 Å². The standard InChI is InChI=1S/C21H30ClN5O/c1-15(2)20-18(21(22)27(25-20)17-7-5-4-6-8-17)13-24-16-9-11-26(12-10-16)14-19(28)23-3/h4-8,15-16,24H,9-14H2,1-3H3,(H,23,28). The zero-order chi connectivity index (χ0) is 20.1. The van der Waals surface area contributed by atoms with Crippen molar-refractivity contribution in [2.75, 3.05) is 26.7 Å². The number of carbonyl (C=O) groups excluding carboxylic acids is 1. The number of hydrogen-bond donors (Lipinski definition) is 2. The van der Waals surface area contributed by atoms with Crippen molar-refractivity contribution in [2.24, 2.45) is 0 Å². The molecular formula is C21H30ClN5O. The molecule has 1 fully saturated rings. The Balaban J connectivity index is 1.65. The van der Waals surface area contributed by atoms with Crippen LogP contribution in [0.25, 0.3) is 5.69 Å². The highest BCUT2D eigenvalue weighted by Crippen LogP contribution is 2.28. The van der Waals surface area contributed by atoms with Crippen molar-refractivity contribution < 1.29 is 4.79 Å². The van der Waals surface area contributed by atoms with Gasteiger partial charge in [-0.1, -0.05) is 43.6 Å². The predicted molar refractivity (Wildman–Crippen MR) is 113 cm³/mol. The van der Waals surface area contributed by atoms with E-state index in [1.807, 2.05) is 35.0 Å². The predicted octanol–water partition coefficient (Wildman–Crippen LogP) is 2.95. The molecule has 0 spiro atoms. The number of nitrogens with one attached hydrogen (secondary N) is 2. The summed E-state index contributed by atoms with van der Waals surface area (Å²) in [7, 11) is 1.68. The van der Waals surface area contributed by atoms with Crippen LogP contribution < -0.4 is 10.6 Å². The number of likely N-dealkylation sites (tertiary alicyclic amines) is 1. The van der Waals surface area contributed by atoms with Gasteiger partial charge < -0.3 is 10.6 Å². The van der Waals surface area contributed by atoms with Gasteiger partial charge in [0.15, 0.2) is 0 Å². The Hall–Kier alpha value is -1.89. The summed E-state index contributed by atoms with van der Waals surface area (Å²) in [5, 5.41) is 11.8. The van der Waals surface area contributed by atoms with Crippen LogP contribution in [0.15, 0.2) is 30.3 Å². The van der Waals surface area contributed by atoms with Gasteiger partial charge in [-0.2, -0.15) is 5.10 Å². The Morgan fingerprint density at radius 3 is 2.54 bits per heavy atom. The van der Waals surface area contributed by atoms with Crippen LogP contribution in [0.1, 0.15) is 43.9 Å². The van der Waals surface area contributed by atoms with E-state index >= 15 is 0 Å². The second-order valence-electron chi connectivity index (χ2n) is 7.66. The quantitative estimate of drug-likeness (QED) is 0.746. The Labute approximate surface area is 172 Å². The molecule has 28 heavy (non-hydrogen) atoms. The highest BCUT2D eigenvalue weighted by Gasteiger charge is 2.23. The fraction of sp³-hybridized carbons (Fsp3) is 0.524. The first-order valence-corrected chi connectivity index (χ1v) is 10.4. The van der Waals surface area contributed by atoms with E-state index in [0.717, 1.165) is 42.9 Å². The number of para-hydroxylation sites is 1. The van der Waals surface area contributed by atoms with E-state index in [1.165, 1.54) is 0 Å². The Morgan fingerprint density at radius 1 is 1.25 bits per heavy atom. The molecule has 152 valence electrons. The van der Waals surface area contributed by atoms with Crippen molar-refractivity contribution >= 4 is 17.5 Å². The van der Waals surface area contributed by atoms with Crippen molar-refractivity contribution in [3.8, 4) is 5.69 Å². The Kier molecular flexibility index (Phi) is 7.10. The Bertz CT molecular complexity index is 782. The first-order chi connectivity index (χ1) is 13.5. The molecule has 2 heterocycles. The maximum atomic E-state index is 11.5. The smallest absolute Gasteiger partial charge is 0.233 e. The zero-order valence-electron chi connectivity index (χ0n) is 16.9. The maximum Gasteiger partial charge on any atom is 0.233 e. The van der Waals surface area contributed by atoms with Crippen molar-refractivity contribution in [2.45, 2.75) is 45.2 Å². The van der Waals surface area contributed by atoms with Crippen LogP contribution in [0.2, 0.25) is 5.15 Å². The summed E-state index contributed by atoms with van der Waals surface area (Å²) in [5.41, 5.74) is 3.09. The normalized spacial score (nSPS) is 15.9. The monoisotopic (exact) mass is 403 g/mol. The zero-order valence-corrected chi connectivity index (χ0v) is 17.7. The van der Waals surface area contributed by atoms with Gasteiger partial charge in [-0.3, -0.25) is 9.69 Å². The van der Waals surface area contributed by atoms with E-state index in [9.17, 15) is 4.79 Å². The number of piperidine rings is 1. The minimum absolute atomic E-state index is 0.0769. The fourth-order valence-electron chi connectivity index (χ4n) is 3.64. The number of aromatic nitrogens is 2. The number of rotatable bonds is 7. The Morgan fingerprint density at radius 2 is 1.93 bits per heavy atom. The molecule has 1 amide bonds. The van der Waals surface area contributed by atoms with Gasteiger partial charge in [0.25, 0.3) is 0 Å². The van der Waals surface area contributed by atoms with Crippen LogP contribution in [0.4, 0.5) is 0 Å².